The van der Waals surface area contributed by atoms with Gasteiger partial charge in [-0.05, 0) is 17.5 Å². The van der Waals surface area contributed by atoms with Gasteiger partial charge in [-0.15, -0.1) is 18.2 Å². The highest BCUT2D eigenvalue weighted by atomic mass is 32.2. The molecule has 1 aliphatic rings. The first-order valence-corrected chi connectivity index (χ1v) is 6.87. The summed E-state index contributed by atoms with van der Waals surface area (Å²) in [6, 6.07) is 8.74. The topological polar surface area (TPSA) is 12.0 Å². The zero-order valence-electron chi connectivity index (χ0n) is 9.41. The zero-order chi connectivity index (χ0) is 11.2. The summed E-state index contributed by atoms with van der Waals surface area (Å²) in [4.78, 5) is 0. The molecule has 0 radical (unpaired) electrons. The van der Waals surface area contributed by atoms with E-state index in [0.717, 1.165) is 30.5 Å². The number of hydrogen-bond donors (Lipinski definition) is 1. The highest BCUT2D eigenvalue weighted by Crippen LogP contribution is 2.33. The van der Waals surface area contributed by atoms with Crippen molar-refractivity contribution in [2.24, 2.45) is 0 Å². The number of thioether (sulfide) groups is 1. The van der Waals surface area contributed by atoms with Crippen LogP contribution >= 0.6 is 11.8 Å². The van der Waals surface area contributed by atoms with Crippen LogP contribution in [0, 0.1) is 12.3 Å². The second-order valence-corrected chi connectivity index (χ2v) is 5.17. The molecule has 0 heterocycles. The van der Waals surface area contributed by atoms with Gasteiger partial charge in [0.25, 0.3) is 0 Å². The van der Waals surface area contributed by atoms with E-state index in [9.17, 15) is 0 Å². The van der Waals surface area contributed by atoms with Gasteiger partial charge in [-0.3, -0.25) is 0 Å². The minimum atomic E-state index is 0.730. The molecule has 2 heteroatoms. The fraction of sp³-hybridized carbons (Fsp3) is 0.429. The molecule has 0 aromatic heterocycles. The van der Waals surface area contributed by atoms with Gasteiger partial charge in [-0.2, -0.15) is 0 Å². The van der Waals surface area contributed by atoms with E-state index in [-0.39, 0.29) is 0 Å². The van der Waals surface area contributed by atoms with E-state index in [1.807, 2.05) is 11.8 Å². The molecule has 2 rings (SSSR count). The Morgan fingerprint density at radius 2 is 2.31 bits per heavy atom. The van der Waals surface area contributed by atoms with Gasteiger partial charge in [0.15, 0.2) is 0 Å². The molecule has 1 atom stereocenters. The number of rotatable bonds is 6. The van der Waals surface area contributed by atoms with Crippen LogP contribution in [0.3, 0.4) is 0 Å². The zero-order valence-corrected chi connectivity index (χ0v) is 10.2. The lowest BCUT2D eigenvalue weighted by Crippen LogP contribution is -2.30. The van der Waals surface area contributed by atoms with Crippen LogP contribution in [0.5, 0.6) is 0 Å². The molecule has 0 bridgehead atoms. The van der Waals surface area contributed by atoms with Crippen molar-refractivity contribution in [3.05, 3.63) is 35.4 Å². The first-order chi connectivity index (χ1) is 7.92. The molecule has 0 amide bonds. The lowest BCUT2D eigenvalue weighted by Gasteiger charge is -2.30. The van der Waals surface area contributed by atoms with E-state index < -0.39 is 0 Å². The average molecular weight is 231 g/mol. The highest BCUT2D eigenvalue weighted by molar-refractivity contribution is 7.99. The molecule has 16 heavy (non-hydrogen) atoms. The van der Waals surface area contributed by atoms with E-state index in [2.05, 4.69) is 35.5 Å². The lowest BCUT2D eigenvalue weighted by molar-refractivity contribution is 0.548. The Kier molecular flexibility index (Phi) is 4.33. The van der Waals surface area contributed by atoms with Crippen molar-refractivity contribution in [1.29, 1.82) is 0 Å². The van der Waals surface area contributed by atoms with Gasteiger partial charge in [0.2, 0.25) is 0 Å². The maximum absolute atomic E-state index is 5.18. The van der Waals surface area contributed by atoms with Crippen molar-refractivity contribution < 1.29 is 0 Å². The molecule has 1 unspecified atom stereocenters. The normalized spacial score (nSPS) is 17.3. The van der Waals surface area contributed by atoms with Crippen LogP contribution in [-0.2, 0) is 6.42 Å². The fourth-order valence-electron chi connectivity index (χ4n) is 2.10. The Morgan fingerprint density at radius 3 is 3.12 bits per heavy atom. The van der Waals surface area contributed by atoms with Crippen molar-refractivity contribution in [3.8, 4) is 12.3 Å². The molecular weight excluding hydrogens is 214 g/mol. The van der Waals surface area contributed by atoms with E-state index in [0.29, 0.717) is 0 Å². The average Bonchev–Trinajstić information content (AvgIpc) is 2.28. The Bertz CT molecular complexity index is 381. The van der Waals surface area contributed by atoms with Gasteiger partial charge < -0.3 is 5.32 Å². The number of nitrogens with one attached hydrogen (secondary N) is 1. The van der Waals surface area contributed by atoms with Gasteiger partial charge in [0, 0.05) is 24.8 Å². The molecule has 0 saturated carbocycles. The van der Waals surface area contributed by atoms with Crippen molar-refractivity contribution in [1.82, 2.24) is 5.32 Å². The summed E-state index contributed by atoms with van der Waals surface area (Å²) in [7, 11) is 0. The van der Waals surface area contributed by atoms with Gasteiger partial charge >= 0.3 is 0 Å². The monoisotopic (exact) mass is 231 g/mol. The predicted molar refractivity (Wildman–Crippen MR) is 71.9 cm³/mol. The summed E-state index contributed by atoms with van der Waals surface area (Å²) in [5, 5.41) is 3.50. The standard InChI is InChI=1S/C14H17NS/c1-2-8-16-9-7-15-11-13-10-12-5-3-4-6-14(12)13/h1,3-6,13,15H,7-11H2. The summed E-state index contributed by atoms with van der Waals surface area (Å²) < 4.78 is 0. The predicted octanol–water partition coefficient (Wildman–Crippen LogP) is 2.28. The van der Waals surface area contributed by atoms with Gasteiger partial charge in [0.1, 0.15) is 0 Å². The molecule has 0 spiro atoms. The summed E-state index contributed by atoms with van der Waals surface area (Å²) in [5.74, 6) is 5.31. The van der Waals surface area contributed by atoms with Crippen LogP contribution < -0.4 is 5.32 Å². The van der Waals surface area contributed by atoms with E-state index in [1.54, 1.807) is 0 Å². The number of hydrogen-bond acceptors (Lipinski definition) is 2. The molecule has 1 aromatic carbocycles. The molecule has 1 N–H and O–H groups in total. The molecule has 0 aliphatic heterocycles. The number of fused-ring (bicyclic) bond motifs is 1. The van der Waals surface area contributed by atoms with Crippen LogP contribution in [-0.4, -0.2) is 24.6 Å². The largest absolute Gasteiger partial charge is 0.315 e. The summed E-state index contributed by atoms with van der Waals surface area (Å²) >= 11 is 1.82. The van der Waals surface area contributed by atoms with Crippen LogP contribution in [0.2, 0.25) is 0 Å². The Hall–Kier alpha value is -0.910. The summed E-state index contributed by atoms with van der Waals surface area (Å²) in [6.07, 6.45) is 6.42. The summed E-state index contributed by atoms with van der Waals surface area (Å²) in [5.41, 5.74) is 3.06. The third-order valence-corrected chi connectivity index (χ3v) is 3.82. The Morgan fingerprint density at radius 1 is 1.44 bits per heavy atom. The Balaban J connectivity index is 1.61. The van der Waals surface area contributed by atoms with Crippen LogP contribution in [0.1, 0.15) is 17.0 Å². The second-order valence-electron chi connectivity index (χ2n) is 4.06. The second kappa shape index (κ2) is 5.98. The van der Waals surface area contributed by atoms with Crippen LogP contribution in [0.15, 0.2) is 24.3 Å². The number of terminal acetylenes is 1. The number of benzene rings is 1. The maximum Gasteiger partial charge on any atom is 0.0545 e. The minimum Gasteiger partial charge on any atom is -0.315 e. The van der Waals surface area contributed by atoms with Crippen molar-refractivity contribution in [2.75, 3.05) is 24.6 Å². The lowest BCUT2D eigenvalue weighted by atomic mass is 9.78. The fourth-order valence-corrected chi connectivity index (χ4v) is 2.65. The molecule has 0 fully saturated rings. The maximum atomic E-state index is 5.18. The van der Waals surface area contributed by atoms with Crippen molar-refractivity contribution >= 4 is 11.8 Å². The first-order valence-electron chi connectivity index (χ1n) is 5.71. The molecular formula is C14H17NS. The first kappa shape index (κ1) is 11.6. The van der Waals surface area contributed by atoms with Gasteiger partial charge in [0.05, 0.1) is 5.75 Å². The Labute approximate surface area is 102 Å². The smallest absolute Gasteiger partial charge is 0.0545 e. The molecule has 84 valence electrons. The minimum absolute atomic E-state index is 0.730. The van der Waals surface area contributed by atoms with Crippen molar-refractivity contribution in [3.63, 3.8) is 0 Å². The van der Waals surface area contributed by atoms with E-state index in [4.69, 9.17) is 6.42 Å². The van der Waals surface area contributed by atoms with Crippen LogP contribution in [0.25, 0.3) is 0 Å². The molecule has 1 nitrogen and oxygen atoms in total. The quantitative estimate of drug-likeness (QED) is 0.595. The SMILES string of the molecule is C#CCSCCNCC1Cc2ccccc21. The van der Waals surface area contributed by atoms with E-state index >= 15 is 0 Å². The van der Waals surface area contributed by atoms with Crippen molar-refractivity contribution in [2.45, 2.75) is 12.3 Å². The summed E-state index contributed by atoms with van der Waals surface area (Å²) in [6.45, 7) is 2.17. The molecule has 1 aromatic rings. The third kappa shape index (κ3) is 2.81. The molecule has 1 aliphatic carbocycles. The van der Waals surface area contributed by atoms with E-state index in [1.165, 1.54) is 17.5 Å². The highest BCUT2D eigenvalue weighted by Gasteiger charge is 2.24. The third-order valence-electron chi connectivity index (χ3n) is 2.96. The van der Waals surface area contributed by atoms with Crippen LogP contribution in [0.4, 0.5) is 0 Å². The van der Waals surface area contributed by atoms with Gasteiger partial charge in [-0.1, -0.05) is 30.2 Å². The molecule has 0 saturated heterocycles. The van der Waals surface area contributed by atoms with Gasteiger partial charge in [-0.25, -0.2) is 0 Å².